The predicted octanol–water partition coefficient (Wildman–Crippen LogP) is 2.64. The zero-order valence-electron chi connectivity index (χ0n) is 14.5. The molecule has 0 spiro atoms. The third-order valence-corrected chi connectivity index (χ3v) is 4.64. The molecule has 0 aliphatic heterocycles. The number of hydrogen-bond donors (Lipinski definition) is 1. The Morgan fingerprint density at radius 3 is 2.20 bits per heavy atom. The molecule has 0 heterocycles. The van der Waals surface area contributed by atoms with E-state index in [2.05, 4.69) is 5.32 Å². The second-order valence-corrected chi connectivity index (χ2v) is 6.66. The van der Waals surface area contributed by atoms with Gasteiger partial charge in [-0.25, -0.2) is 0 Å². The van der Waals surface area contributed by atoms with E-state index in [1.807, 2.05) is 60.7 Å². The second-order valence-electron chi connectivity index (χ2n) is 6.66. The Balaban J connectivity index is 1.42. The van der Waals surface area contributed by atoms with Crippen molar-refractivity contribution in [3.05, 3.63) is 71.8 Å². The van der Waals surface area contributed by atoms with Crippen molar-refractivity contribution < 1.29 is 9.59 Å². The number of rotatable bonds is 7. The fourth-order valence-corrected chi connectivity index (χ4v) is 3.08. The molecule has 2 atom stereocenters. The number of amides is 2. The molecule has 25 heavy (non-hydrogen) atoms. The fourth-order valence-electron chi connectivity index (χ4n) is 3.08. The minimum atomic E-state index is -0.165. The van der Waals surface area contributed by atoms with Crippen LogP contribution in [0.1, 0.15) is 17.5 Å². The molecule has 130 valence electrons. The van der Waals surface area contributed by atoms with Gasteiger partial charge in [0.2, 0.25) is 11.8 Å². The second kappa shape index (κ2) is 7.97. The topological polar surface area (TPSA) is 49.4 Å². The molecule has 3 rings (SSSR count). The maximum absolute atomic E-state index is 12.5. The summed E-state index contributed by atoms with van der Waals surface area (Å²) in [5, 5.41) is 2.96. The van der Waals surface area contributed by atoms with Crippen LogP contribution in [0.15, 0.2) is 60.7 Å². The zero-order chi connectivity index (χ0) is 17.6. The van der Waals surface area contributed by atoms with E-state index in [0.29, 0.717) is 19.5 Å². The van der Waals surface area contributed by atoms with Crippen molar-refractivity contribution in [1.82, 2.24) is 10.2 Å². The normalized spacial score (nSPS) is 18.4. The number of carbonyl (C=O) groups excluding carboxylic acids is 2. The molecule has 4 heteroatoms. The molecule has 2 amide bonds. The van der Waals surface area contributed by atoms with Gasteiger partial charge in [0, 0.05) is 20.1 Å². The average molecular weight is 336 g/mol. The minimum absolute atomic E-state index is 0.00222. The Bertz CT molecular complexity index is 715. The van der Waals surface area contributed by atoms with Crippen molar-refractivity contribution >= 4 is 11.8 Å². The van der Waals surface area contributed by atoms with Gasteiger partial charge in [0.25, 0.3) is 0 Å². The van der Waals surface area contributed by atoms with E-state index in [9.17, 15) is 9.59 Å². The van der Waals surface area contributed by atoms with Gasteiger partial charge in [0.1, 0.15) is 0 Å². The Hall–Kier alpha value is -2.62. The third-order valence-electron chi connectivity index (χ3n) is 4.64. The highest BCUT2D eigenvalue weighted by atomic mass is 16.2. The Morgan fingerprint density at radius 2 is 1.56 bits per heavy atom. The highest BCUT2D eigenvalue weighted by molar-refractivity contribution is 5.92. The van der Waals surface area contributed by atoms with Crippen molar-refractivity contribution in [1.29, 1.82) is 0 Å². The summed E-state index contributed by atoms with van der Waals surface area (Å²) < 4.78 is 0. The molecular weight excluding hydrogens is 312 g/mol. The average Bonchev–Trinajstić information content (AvgIpc) is 3.43. The van der Waals surface area contributed by atoms with Crippen LogP contribution in [0.2, 0.25) is 0 Å². The zero-order valence-corrected chi connectivity index (χ0v) is 14.5. The molecular formula is C21H24N2O2. The highest BCUT2D eigenvalue weighted by Crippen LogP contribution is 2.40. The Morgan fingerprint density at radius 1 is 0.960 bits per heavy atom. The summed E-state index contributed by atoms with van der Waals surface area (Å²) in [6, 6.07) is 20.0. The van der Waals surface area contributed by atoms with Crippen molar-refractivity contribution in [2.75, 3.05) is 13.6 Å². The van der Waals surface area contributed by atoms with E-state index in [0.717, 1.165) is 12.0 Å². The van der Waals surface area contributed by atoms with Gasteiger partial charge in [-0.05, 0) is 24.0 Å². The van der Waals surface area contributed by atoms with E-state index >= 15 is 0 Å². The first-order valence-corrected chi connectivity index (χ1v) is 8.75. The first-order chi connectivity index (χ1) is 12.1. The summed E-state index contributed by atoms with van der Waals surface area (Å²) >= 11 is 0. The van der Waals surface area contributed by atoms with Crippen LogP contribution in [0, 0.1) is 11.8 Å². The molecule has 0 saturated heterocycles. The monoisotopic (exact) mass is 336 g/mol. The molecule has 0 radical (unpaired) electrons. The molecule has 1 saturated carbocycles. The maximum atomic E-state index is 12.5. The summed E-state index contributed by atoms with van der Waals surface area (Å²) in [5.41, 5.74) is 2.30. The first-order valence-electron chi connectivity index (χ1n) is 8.75. The van der Waals surface area contributed by atoms with Crippen molar-refractivity contribution in [2.24, 2.45) is 11.8 Å². The highest BCUT2D eigenvalue weighted by Gasteiger charge is 2.48. The van der Waals surface area contributed by atoms with Crippen molar-refractivity contribution in [3.8, 4) is 0 Å². The van der Waals surface area contributed by atoms with Gasteiger partial charge in [0.05, 0.1) is 11.8 Å². The first kappa shape index (κ1) is 17.2. The number of carbonyl (C=O) groups is 2. The number of nitrogens with zero attached hydrogens (tertiary/aromatic N) is 1. The summed E-state index contributed by atoms with van der Waals surface area (Å²) in [4.78, 5) is 26.4. The van der Waals surface area contributed by atoms with Gasteiger partial charge < -0.3 is 10.2 Å². The molecule has 0 bridgehead atoms. The predicted molar refractivity (Wildman–Crippen MR) is 97.7 cm³/mol. The summed E-state index contributed by atoms with van der Waals surface area (Å²) in [6.07, 6.45) is 1.47. The van der Waals surface area contributed by atoms with E-state index in [4.69, 9.17) is 0 Å². The Kier molecular flexibility index (Phi) is 5.49. The van der Waals surface area contributed by atoms with Gasteiger partial charge in [-0.15, -0.1) is 0 Å². The van der Waals surface area contributed by atoms with E-state index in [1.54, 1.807) is 11.9 Å². The molecule has 1 fully saturated rings. The van der Waals surface area contributed by atoms with E-state index in [1.165, 1.54) is 5.56 Å². The maximum Gasteiger partial charge on any atom is 0.226 e. The molecule has 2 aromatic rings. The number of benzene rings is 2. The van der Waals surface area contributed by atoms with Crippen LogP contribution in [0.3, 0.4) is 0 Å². The largest absolute Gasteiger partial charge is 0.356 e. The quantitative estimate of drug-likeness (QED) is 0.845. The van der Waals surface area contributed by atoms with Gasteiger partial charge in [-0.1, -0.05) is 60.7 Å². The lowest BCUT2D eigenvalue weighted by Gasteiger charge is -2.17. The van der Waals surface area contributed by atoms with Gasteiger partial charge in [-0.2, -0.15) is 0 Å². The van der Waals surface area contributed by atoms with Gasteiger partial charge in [0.15, 0.2) is 0 Å². The molecule has 1 aliphatic rings. The van der Waals surface area contributed by atoms with E-state index < -0.39 is 0 Å². The molecule has 2 aromatic carbocycles. The molecule has 2 unspecified atom stereocenters. The van der Waals surface area contributed by atoms with Crippen molar-refractivity contribution in [2.45, 2.75) is 19.4 Å². The van der Waals surface area contributed by atoms with Crippen LogP contribution in [-0.2, 0) is 22.6 Å². The SMILES string of the molecule is CN(Cc1ccccc1)C(=O)C1CC1C(=O)NCCc1ccccc1. The van der Waals surface area contributed by atoms with Gasteiger partial charge in [-0.3, -0.25) is 9.59 Å². The molecule has 0 aromatic heterocycles. The molecule has 4 nitrogen and oxygen atoms in total. The van der Waals surface area contributed by atoms with Crippen LogP contribution in [-0.4, -0.2) is 30.3 Å². The van der Waals surface area contributed by atoms with Crippen LogP contribution in [0.5, 0.6) is 0 Å². The summed E-state index contributed by atoms with van der Waals surface area (Å²) in [5.74, 6) is -0.263. The summed E-state index contributed by atoms with van der Waals surface area (Å²) in [6.45, 7) is 1.19. The fraction of sp³-hybridized carbons (Fsp3) is 0.333. The van der Waals surface area contributed by atoms with Crippen LogP contribution < -0.4 is 5.32 Å². The van der Waals surface area contributed by atoms with Crippen molar-refractivity contribution in [3.63, 3.8) is 0 Å². The standard InChI is InChI=1S/C21H24N2O2/c1-23(15-17-10-6-3-7-11-17)21(25)19-14-18(19)20(24)22-13-12-16-8-4-2-5-9-16/h2-11,18-19H,12-15H2,1H3,(H,22,24). The Labute approximate surface area is 148 Å². The summed E-state index contributed by atoms with van der Waals surface area (Å²) in [7, 11) is 1.80. The van der Waals surface area contributed by atoms with Crippen LogP contribution >= 0.6 is 0 Å². The van der Waals surface area contributed by atoms with Crippen LogP contribution in [0.4, 0.5) is 0 Å². The lowest BCUT2D eigenvalue weighted by molar-refractivity contribution is -0.134. The van der Waals surface area contributed by atoms with E-state index in [-0.39, 0.29) is 23.7 Å². The lowest BCUT2D eigenvalue weighted by Crippen LogP contribution is -2.32. The number of hydrogen-bond acceptors (Lipinski definition) is 2. The lowest BCUT2D eigenvalue weighted by atomic mass is 10.1. The molecule has 1 aliphatic carbocycles. The number of nitrogens with one attached hydrogen (secondary N) is 1. The van der Waals surface area contributed by atoms with Gasteiger partial charge >= 0.3 is 0 Å². The van der Waals surface area contributed by atoms with Crippen LogP contribution in [0.25, 0.3) is 0 Å². The third kappa shape index (κ3) is 4.69. The smallest absolute Gasteiger partial charge is 0.226 e. The molecule has 1 N–H and O–H groups in total. The minimum Gasteiger partial charge on any atom is -0.356 e.